The molecule has 0 bridgehead atoms. The van der Waals surface area contributed by atoms with Gasteiger partial charge in [-0.25, -0.2) is 18.9 Å². The van der Waals surface area contributed by atoms with Gasteiger partial charge < -0.3 is 10.4 Å². The summed E-state index contributed by atoms with van der Waals surface area (Å²) in [6.45, 7) is 3.05. The number of urea groups is 1. The number of imide groups is 1. The van der Waals surface area contributed by atoms with Crippen LogP contribution < -0.4 is 5.32 Å². The van der Waals surface area contributed by atoms with Gasteiger partial charge >= 0.3 is 12.0 Å². The van der Waals surface area contributed by atoms with E-state index < -0.39 is 29.7 Å². The molecule has 2 N–H and O–H groups in total. The predicted molar refractivity (Wildman–Crippen MR) is 46.6 cm³/mol. The average molecular weight is 218 g/mol. The van der Waals surface area contributed by atoms with Gasteiger partial charge in [-0.05, 0) is 13.3 Å². The minimum Gasteiger partial charge on any atom is -0.478 e. The summed E-state index contributed by atoms with van der Waals surface area (Å²) >= 11 is 0. The molecule has 1 aliphatic heterocycles. The Bertz CT molecular complexity index is 333. The molecule has 1 saturated heterocycles. The van der Waals surface area contributed by atoms with Crippen molar-refractivity contribution in [2.75, 3.05) is 0 Å². The van der Waals surface area contributed by atoms with Crippen LogP contribution in [-0.4, -0.2) is 39.7 Å². The van der Waals surface area contributed by atoms with E-state index in [-0.39, 0.29) is 11.3 Å². The minimum absolute atomic E-state index is 0.0891. The minimum atomic E-state index is -2.63. The Balaban J connectivity index is 2.99. The Morgan fingerprint density at radius 1 is 1.67 bits per heavy atom. The number of alkyl halides is 1. The number of nitrogens with zero attached hydrogens (tertiary/aromatic N) is 1. The number of carboxylic acid groups (broad SMARTS) is 1. The van der Waals surface area contributed by atoms with Crippen LogP contribution in [0.4, 0.5) is 9.18 Å². The van der Waals surface area contributed by atoms with Crippen molar-refractivity contribution in [2.24, 2.45) is 0 Å². The van der Waals surface area contributed by atoms with Crippen LogP contribution in [0.25, 0.3) is 0 Å². The van der Waals surface area contributed by atoms with Crippen LogP contribution >= 0.6 is 0 Å². The Morgan fingerprint density at radius 2 is 2.20 bits per heavy atom. The molecule has 0 aromatic rings. The number of hydrogen-bond acceptors (Lipinski definition) is 3. The van der Waals surface area contributed by atoms with Crippen molar-refractivity contribution >= 4 is 17.9 Å². The fraction of sp³-hybridized carbons (Fsp3) is 0.625. The summed E-state index contributed by atoms with van der Waals surface area (Å²) in [5.74, 6) is -2.72. The molecule has 15 heavy (non-hydrogen) atoms. The third kappa shape index (κ3) is 1.64. The lowest BCUT2D eigenvalue weighted by atomic mass is 9.99. The van der Waals surface area contributed by atoms with E-state index in [1.54, 1.807) is 6.92 Å². The molecule has 0 aliphatic carbocycles. The number of halogens is 1. The van der Waals surface area contributed by atoms with Gasteiger partial charge in [0.25, 0.3) is 12.2 Å². The zero-order valence-electron chi connectivity index (χ0n) is 8.28. The average Bonchev–Trinajstić information content (AvgIpc) is 2.38. The molecular formula is C8H11FN2O4. The monoisotopic (exact) mass is 218 g/mol. The molecule has 84 valence electrons. The van der Waals surface area contributed by atoms with Crippen molar-refractivity contribution in [1.82, 2.24) is 10.2 Å². The lowest BCUT2D eigenvalue weighted by molar-refractivity contribution is -0.154. The highest BCUT2D eigenvalue weighted by atomic mass is 19.1. The summed E-state index contributed by atoms with van der Waals surface area (Å²) in [7, 11) is 0. The molecule has 3 amide bonds. The zero-order chi connectivity index (χ0) is 11.8. The van der Waals surface area contributed by atoms with Crippen molar-refractivity contribution < 1.29 is 23.9 Å². The quantitative estimate of drug-likeness (QED) is 0.519. The van der Waals surface area contributed by atoms with Gasteiger partial charge in [-0.2, -0.15) is 0 Å². The van der Waals surface area contributed by atoms with Gasteiger partial charge in [0.1, 0.15) is 5.54 Å². The standard InChI is InChI=1S/C8H11FN2O4/c1-3-8(2)6(14)11(7(15)10-8)4(9)5(12)13/h4H,3H2,1-2H3,(H,10,15)(H,12,13). The van der Waals surface area contributed by atoms with Gasteiger partial charge in [-0.1, -0.05) is 6.92 Å². The summed E-state index contributed by atoms with van der Waals surface area (Å²) < 4.78 is 13.1. The smallest absolute Gasteiger partial charge is 0.360 e. The van der Waals surface area contributed by atoms with Crippen molar-refractivity contribution in [3.8, 4) is 0 Å². The van der Waals surface area contributed by atoms with E-state index >= 15 is 0 Å². The second kappa shape index (κ2) is 3.48. The first-order chi connectivity index (χ1) is 6.83. The predicted octanol–water partition coefficient (Wildman–Crippen LogP) is 0.0871. The largest absolute Gasteiger partial charge is 0.478 e. The molecule has 1 aliphatic rings. The van der Waals surface area contributed by atoms with Gasteiger partial charge in [0, 0.05) is 0 Å². The molecule has 0 saturated carbocycles. The number of carbonyl (C=O) groups excluding carboxylic acids is 2. The van der Waals surface area contributed by atoms with Gasteiger partial charge in [-0.15, -0.1) is 0 Å². The number of carbonyl (C=O) groups is 3. The number of carboxylic acids is 1. The lowest BCUT2D eigenvalue weighted by Gasteiger charge is -2.19. The topological polar surface area (TPSA) is 86.7 Å². The van der Waals surface area contributed by atoms with Gasteiger partial charge in [0.15, 0.2) is 0 Å². The van der Waals surface area contributed by atoms with Crippen LogP contribution in [0.2, 0.25) is 0 Å². The fourth-order valence-electron chi connectivity index (χ4n) is 1.26. The molecule has 1 fully saturated rings. The van der Waals surface area contributed by atoms with Crippen LogP contribution in [0.5, 0.6) is 0 Å². The highest BCUT2D eigenvalue weighted by molar-refractivity contribution is 6.08. The first-order valence-electron chi connectivity index (χ1n) is 4.36. The van der Waals surface area contributed by atoms with E-state index in [1.807, 2.05) is 0 Å². The molecule has 7 heteroatoms. The maximum Gasteiger partial charge on any atom is 0.360 e. The van der Waals surface area contributed by atoms with E-state index in [4.69, 9.17) is 5.11 Å². The van der Waals surface area contributed by atoms with E-state index in [0.29, 0.717) is 0 Å². The van der Waals surface area contributed by atoms with Crippen molar-refractivity contribution in [2.45, 2.75) is 32.1 Å². The van der Waals surface area contributed by atoms with Crippen molar-refractivity contribution in [1.29, 1.82) is 0 Å². The molecular weight excluding hydrogens is 207 g/mol. The first kappa shape index (κ1) is 11.4. The second-order valence-electron chi connectivity index (χ2n) is 3.47. The van der Waals surface area contributed by atoms with Gasteiger partial charge in [0.2, 0.25) is 0 Å². The summed E-state index contributed by atoms with van der Waals surface area (Å²) in [6, 6.07) is -1.01. The molecule has 6 nitrogen and oxygen atoms in total. The fourth-order valence-corrected chi connectivity index (χ4v) is 1.26. The molecule has 0 aromatic heterocycles. The molecule has 2 atom stereocenters. The maximum absolute atomic E-state index is 13.1. The molecule has 0 aromatic carbocycles. The summed E-state index contributed by atoms with van der Waals surface area (Å²) in [5.41, 5.74) is -1.21. The molecule has 1 heterocycles. The number of hydrogen-bond donors (Lipinski definition) is 2. The van der Waals surface area contributed by atoms with E-state index in [9.17, 15) is 18.8 Å². The molecule has 1 rings (SSSR count). The lowest BCUT2D eigenvalue weighted by Crippen LogP contribution is -2.45. The Hall–Kier alpha value is -1.66. The van der Waals surface area contributed by atoms with Crippen LogP contribution in [0.1, 0.15) is 20.3 Å². The zero-order valence-corrected chi connectivity index (χ0v) is 8.28. The third-order valence-electron chi connectivity index (χ3n) is 2.43. The Labute approximate surface area is 85.0 Å². The highest BCUT2D eigenvalue weighted by Crippen LogP contribution is 2.23. The van der Waals surface area contributed by atoms with Crippen LogP contribution in [0.3, 0.4) is 0 Å². The number of amides is 3. The first-order valence-corrected chi connectivity index (χ1v) is 4.36. The number of rotatable bonds is 3. The van der Waals surface area contributed by atoms with E-state index in [0.717, 1.165) is 0 Å². The molecule has 0 radical (unpaired) electrons. The van der Waals surface area contributed by atoms with E-state index in [2.05, 4.69) is 5.32 Å². The van der Waals surface area contributed by atoms with E-state index in [1.165, 1.54) is 6.92 Å². The van der Waals surface area contributed by atoms with Crippen molar-refractivity contribution in [3.63, 3.8) is 0 Å². The van der Waals surface area contributed by atoms with Crippen LogP contribution in [0.15, 0.2) is 0 Å². The Morgan fingerprint density at radius 3 is 2.53 bits per heavy atom. The second-order valence-corrected chi connectivity index (χ2v) is 3.47. The number of aliphatic carboxylic acids is 1. The van der Waals surface area contributed by atoms with Crippen LogP contribution in [-0.2, 0) is 9.59 Å². The summed E-state index contributed by atoms with van der Waals surface area (Å²) in [6.07, 6.45) is -2.37. The molecule has 0 spiro atoms. The Kier molecular flexibility index (Phi) is 2.65. The number of nitrogens with one attached hydrogen (secondary N) is 1. The maximum atomic E-state index is 13.1. The van der Waals surface area contributed by atoms with Gasteiger partial charge in [0.05, 0.1) is 0 Å². The molecule has 2 unspecified atom stereocenters. The normalized spacial score (nSPS) is 27.8. The van der Waals surface area contributed by atoms with Crippen molar-refractivity contribution in [3.05, 3.63) is 0 Å². The highest BCUT2D eigenvalue weighted by Gasteiger charge is 2.51. The van der Waals surface area contributed by atoms with Crippen LogP contribution in [0, 0.1) is 0 Å². The SMILES string of the molecule is CCC1(C)NC(=O)N(C(F)C(=O)O)C1=O. The summed E-state index contributed by atoms with van der Waals surface area (Å²) in [4.78, 5) is 33.2. The van der Waals surface area contributed by atoms with Gasteiger partial charge in [-0.3, -0.25) is 4.79 Å². The third-order valence-corrected chi connectivity index (χ3v) is 2.43. The summed E-state index contributed by atoms with van der Waals surface area (Å²) in [5, 5.41) is 10.6.